The minimum Gasteiger partial charge on any atom is -0.481 e. The van der Waals surface area contributed by atoms with Crippen molar-refractivity contribution in [1.82, 2.24) is 4.90 Å². The number of carbonyl (C=O) groups is 1. The molecule has 0 N–H and O–H groups in total. The van der Waals surface area contributed by atoms with E-state index in [4.69, 9.17) is 18.9 Å². The minimum atomic E-state index is -0.395. The molecule has 0 spiro atoms. The highest BCUT2D eigenvalue weighted by molar-refractivity contribution is 5.83. The molecule has 1 atom stereocenters. The molecule has 0 unspecified atom stereocenters. The monoisotopic (exact) mass is 375 g/mol. The van der Waals surface area contributed by atoms with Crippen LogP contribution in [0.3, 0.4) is 0 Å². The third-order valence-corrected chi connectivity index (χ3v) is 6.12. The maximum Gasteiger partial charge on any atom is 0.263 e. The Balaban J connectivity index is 1.35. The quantitative estimate of drug-likeness (QED) is 0.792. The molecular weight excluding hydrogens is 346 g/mol. The minimum absolute atomic E-state index is 0.0805. The number of amides is 1. The summed E-state index contributed by atoms with van der Waals surface area (Å²) in [5, 5.41) is 0. The van der Waals surface area contributed by atoms with Gasteiger partial charge in [0.1, 0.15) is 5.75 Å². The SMILES string of the molecule is CC1(C)OC(c2ccc(O[C@@H]3CCN(CC4COC4)C3=O)cc2)OC1(C)C. The lowest BCUT2D eigenvalue weighted by atomic mass is 9.90. The van der Waals surface area contributed by atoms with Crippen molar-refractivity contribution < 1.29 is 23.7 Å². The molecular formula is C21H29NO5. The fourth-order valence-corrected chi connectivity index (χ4v) is 3.55. The molecule has 6 heteroatoms. The van der Waals surface area contributed by atoms with Crippen molar-refractivity contribution in [3.8, 4) is 5.75 Å². The zero-order chi connectivity index (χ0) is 19.2. The number of ether oxygens (including phenoxy) is 4. The van der Waals surface area contributed by atoms with Crippen molar-refractivity contribution in [2.75, 3.05) is 26.3 Å². The summed E-state index contributed by atoms with van der Waals surface area (Å²) in [5.41, 5.74) is 0.223. The van der Waals surface area contributed by atoms with Crippen LogP contribution >= 0.6 is 0 Å². The second kappa shape index (κ2) is 6.76. The van der Waals surface area contributed by atoms with E-state index in [0.29, 0.717) is 11.7 Å². The summed E-state index contributed by atoms with van der Waals surface area (Å²) in [6, 6.07) is 7.66. The third-order valence-electron chi connectivity index (χ3n) is 6.12. The van der Waals surface area contributed by atoms with E-state index in [1.807, 2.05) is 56.9 Å². The molecule has 0 saturated carbocycles. The van der Waals surface area contributed by atoms with Gasteiger partial charge in [-0.1, -0.05) is 12.1 Å². The Morgan fingerprint density at radius 2 is 1.70 bits per heavy atom. The van der Waals surface area contributed by atoms with Crippen LogP contribution in [0.15, 0.2) is 24.3 Å². The first-order chi connectivity index (χ1) is 12.7. The van der Waals surface area contributed by atoms with Gasteiger partial charge in [0.25, 0.3) is 5.91 Å². The lowest BCUT2D eigenvalue weighted by molar-refractivity contribution is -0.136. The number of nitrogens with zero attached hydrogens (tertiary/aromatic N) is 1. The predicted molar refractivity (Wildman–Crippen MR) is 99.4 cm³/mol. The fourth-order valence-electron chi connectivity index (χ4n) is 3.55. The largest absolute Gasteiger partial charge is 0.481 e. The molecule has 3 heterocycles. The van der Waals surface area contributed by atoms with Crippen LogP contribution in [0, 0.1) is 5.92 Å². The normalized spacial score (nSPS) is 27.8. The van der Waals surface area contributed by atoms with E-state index in [1.54, 1.807) is 0 Å². The van der Waals surface area contributed by atoms with E-state index in [0.717, 1.165) is 38.3 Å². The van der Waals surface area contributed by atoms with Gasteiger partial charge in [-0.15, -0.1) is 0 Å². The smallest absolute Gasteiger partial charge is 0.263 e. The highest BCUT2D eigenvalue weighted by Crippen LogP contribution is 2.44. The first kappa shape index (κ1) is 18.7. The van der Waals surface area contributed by atoms with Crippen LogP contribution in [-0.2, 0) is 19.0 Å². The molecule has 3 aliphatic heterocycles. The molecule has 0 aromatic heterocycles. The summed E-state index contributed by atoms with van der Waals surface area (Å²) >= 11 is 0. The van der Waals surface area contributed by atoms with E-state index in [-0.39, 0.29) is 17.1 Å². The summed E-state index contributed by atoms with van der Waals surface area (Å²) < 4.78 is 23.3. The predicted octanol–water partition coefficient (Wildman–Crippen LogP) is 2.92. The van der Waals surface area contributed by atoms with Crippen LogP contribution in [0.25, 0.3) is 0 Å². The molecule has 0 aliphatic carbocycles. The van der Waals surface area contributed by atoms with Gasteiger partial charge in [0.15, 0.2) is 12.4 Å². The zero-order valence-electron chi connectivity index (χ0n) is 16.6. The lowest BCUT2D eigenvalue weighted by Crippen LogP contribution is -2.42. The number of rotatable bonds is 5. The molecule has 3 fully saturated rings. The number of hydrogen-bond acceptors (Lipinski definition) is 5. The van der Waals surface area contributed by atoms with E-state index < -0.39 is 12.4 Å². The maximum atomic E-state index is 12.5. The molecule has 27 heavy (non-hydrogen) atoms. The molecule has 148 valence electrons. The Bertz CT molecular complexity index is 679. The molecule has 1 amide bonds. The fraction of sp³-hybridized carbons (Fsp3) is 0.667. The van der Waals surface area contributed by atoms with Gasteiger partial charge in [0.2, 0.25) is 0 Å². The molecule has 3 saturated heterocycles. The Kier molecular flexibility index (Phi) is 4.69. The third kappa shape index (κ3) is 3.58. The van der Waals surface area contributed by atoms with Crippen molar-refractivity contribution in [3.63, 3.8) is 0 Å². The average Bonchev–Trinajstić information content (AvgIpc) is 3.01. The van der Waals surface area contributed by atoms with E-state index in [2.05, 4.69) is 0 Å². The van der Waals surface area contributed by atoms with Gasteiger partial charge in [0.05, 0.1) is 24.4 Å². The van der Waals surface area contributed by atoms with Gasteiger partial charge in [0, 0.05) is 31.0 Å². The van der Waals surface area contributed by atoms with E-state index in [9.17, 15) is 4.79 Å². The van der Waals surface area contributed by atoms with Crippen molar-refractivity contribution in [1.29, 1.82) is 0 Å². The van der Waals surface area contributed by atoms with Gasteiger partial charge in [-0.05, 0) is 39.8 Å². The van der Waals surface area contributed by atoms with Gasteiger partial charge in [-0.2, -0.15) is 0 Å². The Morgan fingerprint density at radius 3 is 2.26 bits per heavy atom. The molecule has 0 radical (unpaired) electrons. The van der Waals surface area contributed by atoms with Crippen molar-refractivity contribution in [2.45, 2.75) is 57.7 Å². The number of carbonyl (C=O) groups excluding carboxylic acids is 1. The van der Waals surface area contributed by atoms with Crippen LogP contribution < -0.4 is 4.74 Å². The Labute approximate surface area is 160 Å². The first-order valence-electron chi connectivity index (χ1n) is 9.74. The van der Waals surface area contributed by atoms with E-state index >= 15 is 0 Å². The highest BCUT2D eigenvalue weighted by Gasteiger charge is 2.49. The topological polar surface area (TPSA) is 57.2 Å². The van der Waals surface area contributed by atoms with Crippen LogP contribution in [0.5, 0.6) is 5.75 Å². The second-order valence-electron chi connectivity index (χ2n) is 8.74. The standard InChI is InChI=1S/C21H29NO5/c1-20(2)21(3,4)27-19(26-20)15-5-7-16(8-6-15)25-17-9-10-22(18(17)23)11-14-12-24-13-14/h5-8,14,17,19H,9-13H2,1-4H3/t17-/m1/s1. The number of benzene rings is 1. The molecule has 6 nitrogen and oxygen atoms in total. The highest BCUT2D eigenvalue weighted by atomic mass is 16.7. The van der Waals surface area contributed by atoms with Crippen LogP contribution in [0.1, 0.15) is 46.0 Å². The maximum absolute atomic E-state index is 12.5. The van der Waals surface area contributed by atoms with Crippen LogP contribution in [0.4, 0.5) is 0 Å². The molecule has 3 aliphatic rings. The van der Waals surface area contributed by atoms with E-state index in [1.165, 1.54) is 0 Å². The number of likely N-dealkylation sites (tertiary alicyclic amines) is 1. The van der Waals surface area contributed by atoms with Crippen LogP contribution in [-0.4, -0.2) is 54.4 Å². The summed E-state index contributed by atoms with van der Waals surface area (Å²) in [4.78, 5) is 14.4. The summed E-state index contributed by atoms with van der Waals surface area (Å²) in [5.74, 6) is 1.26. The molecule has 0 bridgehead atoms. The van der Waals surface area contributed by atoms with Crippen molar-refractivity contribution >= 4 is 5.91 Å². The van der Waals surface area contributed by atoms with Gasteiger partial charge < -0.3 is 23.8 Å². The van der Waals surface area contributed by atoms with Gasteiger partial charge >= 0.3 is 0 Å². The molecule has 4 rings (SSSR count). The lowest BCUT2D eigenvalue weighted by Gasteiger charge is -2.30. The van der Waals surface area contributed by atoms with Crippen LogP contribution in [0.2, 0.25) is 0 Å². The van der Waals surface area contributed by atoms with Crippen molar-refractivity contribution in [3.05, 3.63) is 29.8 Å². The van der Waals surface area contributed by atoms with Gasteiger partial charge in [-0.3, -0.25) is 4.79 Å². The summed E-state index contributed by atoms with van der Waals surface area (Å²) in [7, 11) is 0. The summed E-state index contributed by atoms with van der Waals surface area (Å²) in [6.07, 6.45) is -0.0585. The Morgan fingerprint density at radius 1 is 1.07 bits per heavy atom. The first-order valence-corrected chi connectivity index (χ1v) is 9.74. The summed E-state index contributed by atoms with van der Waals surface area (Å²) in [6.45, 7) is 11.2. The molecule has 1 aromatic carbocycles. The zero-order valence-corrected chi connectivity index (χ0v) is 16.6. The second-order valence-corrected chi connectivity index (χ2v) is 8.74. The Hall–Kier alpha value is -1.63. The van der Waals surface area contributed by atoms with Gasteiger partial charge in [-0.25, -0.2) is 0 Å². The molecule has 1 aromatic rings. The number of hydrogen-bond donors (Lipinski definition) is 0. The average molecular weight is 375 g/mol. The van der Waals surface area contributed by atoms with Crippen molar-refractivity contribution in [2.24, 2.45) is 5.92 Å².